The summed E-state index contributed by atoms with van der Waals surface area (Å²) >= 11 is 0. The average Bonchev–Trinajstić information content (AvgIpc) is 2.45. The van der Waals surface area contributed by atoms with Crippen molar-refractivity contribution in [2.24, 2.45) is 0 Å². The number of benzene rings is 2. The third-order valence-corrected chi connectivity index (χ3v) is 3.29. The molecule has 0 saturated carbocycles. The van der Waals surface area contributed by atoms with Gasteiger partial charge in [0.2, 0.25) is 0 Å². The van der Waals surface area contributed by atoms with Gasteiger partial charge in [-0.05, 0) is 17.7 Å². The summed E-state index contributed by atoms with van der Waals surface area (Å²) in [5.41, 5.74) is 0.328. The number of halogens is 3. The largest absolute Gasteiger partial charge is 0.383 e. The lowest BCUT2D eigenvalue weighted by Crippen LogP contribution is -2.07. The first kappa shape index (κ1) is 13.6. The van der Waals surface area contributed by atoms with Crippen molar-refractivity contribution < 1.29 is 18.3 Å². The van der Waals surface area contributed by atoms with Gasteiger partial charge in [-0.3, -0.25) is 4.98 Å². The molecule has 3 rings (SSSR count). The molecule has 5 heteroatoms. The summed E-state index contributed by atoms with van der Waals surface area (Å²) in [7, 11) is 0. The Kier molecular flexibility index (Phi) is 3.35. The smallest absolute Gasteiger partial charge is 0.135 e. The summed E-state index contributed by atoms with van der Waals surface area (Å²) in [5, 5.41) is 10.9. The van der Waals surface area contributed by atoms with E-state index in [1.54, 1.807) is 36.5 Å². The van der Waals surface area contributed by atoms with Gasteiger partial charge in [-0.1, -0.05) is 18.2 Å². The van der Waals surface area contributed by atoms with Crippen LogP contribution < -0.4 is 0 Å². The molecule has 0 amide bonds. The second kappa shape index (κ2) is 5.18. The van der Waals surface area contributed by atoms with E-state index in [9.17, 15) is 18.3 Å². The quantitative estimate of drug-likeness (QED) is 0.779. The van der Waals surface area contributed by atoms with Crippen LogP contribution >= 0.6 is 0 Å². The molecule has 21 heavy (non-hydrogen) atoms. The maximum absolute atomic E-state index is 13.8. The molecule has 2 aromatic carbocycles. The van der Waals surface area contributed by atoms with E-state index >= 15 is 0 Å². The molecule has 0 saturated heterocycles. The molecule has 0 spiro atoms. The standard InChI is InChI=1S/C16H10F3NO/c17-9-7-12(18)15(13(19)8-9)16(21)11-3-1-5-14-10(11)4-2-6-20-14/h1-8,16,21H. The molecule has 1 aromatic heterocycles. The van der Waals surface area contributed by atoms with Crippen molar-refractivity contribution in [1.29, 1.82) is 0 Å². The van der Waals surface area contributed by atoms with Crippen molar-refractivity contribution in [3.63, 3.8) is 0 Å². The van der Waals surface area contributed by atoms with Crippen LogP contribution in [0.5, 0.6) is 0 Å². The predicted molar refractivity (Wildman–Crippen MR) is 72.1 cm³/mol. The molecule has 0 aliphatic heterocycles. The minimum absolute atomic E-state index is 0.310. The molecule has 1 atom stereocenters. The van der Waals surface area contributed by atoms with Gasteiger partial charge in [0.1, 0.15) is 23.6 Å². The molecular weight excluding hydrogens is 279 g/mol. The highest BCUT2D eigenvalue weighted by Crippen LogP contribution is 2.31. The molecule has 106 valence electrons. The average molecular weight is 289 g/mol. The van der Waals surface area contributed by atoms with Crippen molar-refractivity contribution in [2.45, 2.75) is 6.10 Å². The Morgan fingerprint density at radius 1 is 0.952 bits per heavy atom. The zero-order valence-electron chi connectivity index (χ0n) is 10.7. The van der Waals surface area contributed by atoms with Crippen LogP contribution in [0.25, 0.3) is 10.9 Å². The summed E-state index contributed by atoms with van der Waals surface area (Å²) in [5.74, 6) is -3.28. The summed E-state index contributed by atoms with van der Waals surface area (Å²) < 4.78 is 40.5. The van der Waals surface area contributed by atoms with Crippen molar-refractivity contribution >= 4 is 10.9 Å². The van der Waals surface area contributed by atoms with Crippen molar-refractivity contribution in [3.05, 3.63) is 77.2 Å². The highest BCUT2D eigenvalue weighted by Gasteiger charge is 2.22. The van der Waals surface area contributed by atoms with Gasteiger partial charge in [0.05, 0.1) is 11.1 Å². The molecule has 0 aliphatic rings. The van der Waals surface area contributed by atoms with Gasteiger partial charge < -0.3 is 5.11 Å². The van der Waals surface area contributed by atoms with Crippen LogP contribution in [0, 0.1) is 17.5 Å². The second-order valence-electron chi connectivity index (χ2n) is 4.60. The Labute approximate surface area is 118 Å². The number of aliphatic hydroxyl groups excluding tert-OH is 1. The van der Waals surface area contributed by atoms with E-state index in [0.717, 1.165) is 0 Å². The summed E-state index contributed by atoms with van der Waals surface area (Å²) in [6.45, 7) is 0. The first-order chi connectivity index (χ1) is 10.1. The maximum atomic E-state index is 13.8. The number of pyridine rings is 1. The van der Waals surface area contributed by atoms with Crippen LogP contribution in [0.1, 0.15) is 17.2 Å². The topological polar surface area (TPSA) is 33.1 Å². The molecule has 0 bridgehead atoms. The zero-order valence-corrected chi connectivity index (χ0v) is 10.7. The molecule has 1 unspecified atom stereocenters. The van der Waals surface area contributed by atoms with Crippen LogP contribution in [-0.4, -0.2) is 10.1 Å². The fourth-order valence-corrected chi connectivity index (χ4v) is 2.34. The number of aromatic nitrogens is 1. The lowest BCUT2D eigenvalue weighted by Gasteiger charge is -2.15. The second-order valence-corrected chi connectivity index (χ2v) is 4.60. The fourth-order valence-electron chi connectivity index (χ4n) is 2.34. The first-order valence-corrected chi connectivity index (χ1v) is 6.24. The van der Waals surface area contributed by atoms with E-state index in [-0.39, 0.29) is 0 Å². The van der Waals surface area contributed by atoms with Crippen LogP contribution in [0.3, 0.4) is 0 Å². The minimum atomic E-state index is -1.54. The number of hydrogen-bond acceptors (Lipinski definition) is 2. The first-order valence-electron chi connectivity index (χ1n) is 6.24. The Balaban J connectivity index is 2.20. The van der Waals surface area contributed by atoms with E-state index in [2.05, 4.69) is 4.98 Å². The van der Waals surface area contributed by atoms with Gasteiger partial charge in [0.15, 0.2) is 0 Å². The molecular formula is C16H10F3NO. The predicted octanol–water partition coefficient (Wildman–Crippen LogP) is 3.73. The van der Waals surface area contributed by atoms with Crippen LogP contribution in [0.15, 0.2) is 48.7 Å². The van der Waals surface area contributed by atoms with E-state index in [1.807, 2.05) is 0 Å². The van der Waals surface area contributed by atoms with Crippen LogP contribution in [0.4, 0.5) is 13.2 Å². The molecule has 0 radical (unpaired) electrons. The van der Waals surface area contributed by atoms with Gasteiger partial charge in [-0.2, -0.15) is 0 Å². The van der Waals surface area contributed by atoms with Crippen molar-refractivity contribution in [2.75, 3.05) is 0 Å². The minimum Gasteiger partial charge on any atom is -0.383 e. The maximum Gasteiger partial charge on any atom is 0.135 e. The van der Waals surface area contributed by atoms with Crippen molar-refractivity contribution in [1.82, 2.24) is 4.98 Å². The van der Waals surface area contributed by atoms with Gasteiger partial charge in [0.25, 0.3) is 0 Å². The van der Waals surface area contributed by atoms with E-state index < -0.39 is 29.1 Å². The van der Waals surface area contributed by atoms with E-state index in [1.165, 1.54) is 0 Å². The lowest BCUT2D eigenvalue weighted by atomic mass is 9.97. The monoisotopic (exact) mass is 289 g/mol. The third kappa shape index (κ3) is 2.36. The van der Waals surface area contributed by atoms with Crippen LogP contribution in [-0.2, 0) is 0 Å². The van der Waals surface area contributed by atoms with Crippen molar-refractivity contribution in [3.8, 4) is 0 Å². The fraction of sp³-hybridized carbons (Fsp3) is 0.0625. The highest BCUT2D eigenvalue weighted by molar-refractivity contribution is 5.82. The number of rotatable bonds is 2. The molecule has 3 aromatic rings. The highest BCUT2D eigenvalue weighted by atomic mass is 19.1. The molecule has 2 nitrogen and oxygen atoms in total. The zero-order chi connectivity index (χ0) is 15.0. The number of fused-ring (bicyclic) bond motifs is 1. The molecule has 0 aliphatic carbocycles. The SMILES string of the molecule is OC(c1c(F)cc(F)cc1F)c1cccc2ncccc12. The normalized spacial score (nSPS) is 12.6. The van der Waals surface area contributed by atoms with E-state index in [0.29, 0.717) is 28.6 Å². The number of nitrogens with zero attached hydrogens (tertiary/aromatic N) is 1. The molecule has 0 fully saturated rings. The van der Waals surface area contributed by atoms with Crippen LogP contribution in [0.2, 0.25) is 0 Å². The van der Waals surface area contributed by atoms with Gasteiger partial charge in [0, 0.05) is 23.7 Å². The molecule has 1 heterocycles. The van der Waals surface area contributed by atoms with E-state index in [4.69, 9.17) is 0 Å². The number of aliphatic hydroxyl groups is 1. The Morgan fingerprint density at radius 3 is 2.38 bits per heavy atom. The Hall–Kier alpha value is -2.40. The Morgan fingerprint density at radius 2 is 1.67 bits per heavy atom. The van der Waals surface area contributed by atoms with Gasteiger partial charge >= 0.3 is 0 Å². The van der Waals surface area contributed by atoms with Gasteiger partial charge in [-0.25, -0.2) is 13.2 Å². The molecule has 1 N–H and O–H groups in total. The lowest BCUT2D eigenvalue weighted by molar-refractivity contribution is 0.210. The third-order valence-electron chi connectivity index (χ3n) is 3.29. The summed E-state index contributed by atoms with van der Waals surface area (Å²) in [6.07, 6.45) is 0.0379. The summed E-state index contributed by atoms with van der Waals surface area (Å²) in [6, 6.07) is 9.36. The number of hydrogen-bond donors (Lipinski definition) is 1. The summed E-state index contributed by atoms with van der Waals surface area (Å²) in [4.78, 5) is 4.12. The van der Waals surface area contributed by atoms with Gasteiger partial charge in [-0.15, -0.1) is 0 Å². The Bertz CT molecular complexity index is 791.